The van der Waals surface area contributed by atoms with Crippen LogP contribution in [0.3, 0.4) is 0 Å². The van der Waals surface area contributed by atoms with Crippen LogP contribution in [0.2, 0.25) is 0 Å². The van der Waals surface area contributed by atoms with Crippen molar-refractivity contribution in [3.05, 3.63) is 48.0 Å². The lowest BCUT2D eigenvalue weighted by Crippen LogP contribution is -2.47. The summed E-state index contributed by atoms with van der Waals surface area (Å²) in [4.78, 5) is 38.1. The van der Waals surface area contributed by atoms with E-state index >= 15 is 0 Å². The zero-order chi connectivity index (χ0) is 19.6. The fourth-order valence-electron chi connectivity index (χ4n) is 2.83. The first-order chi connectivity index (χ1) is 12.9. The predicted molar refractivity (Wildman–Crippen MR) is 101 cm³/mol. The van der Waals surface area contributed by atoms with Crippen LogP contribution in [0.15, 0.2) is 42.5 Å². The van der Waals surface area contributed by atoms with Gasteiger partial charge in [0, 0.05) is 17.3 Å². The molecule has 27 heavy (non-hydrogen) atoms. The van der Waals surface area contributed by atoms with E-state index < -0.39 is 6.10 Å². The van der Waals surface area contributed by atoms with E-state index in [0.29, 0.717) is 28.4 Å². The number of amides is 2. The van der Waals surface area contributed by atoms with Gasteiger partial charge in [-0.1, -0.05) is 6.07 Å². The number of fused-ring (bicyclic) bond motifs is 1. The SMILES string of the molecule is COc1cccc(NC(=O)CN2C(=O)C(C)Oc3ccc(C(C)=O)cc32)c1. The molecule has 1 N–H and O–H groups in total. The summed E-state index contributed by atoms with van der Waals surface area (Å²) in [6.07, 6.45) is -0.717. The molecule has 0 saturated heterocycles. The standard InChI is InChI=1S/C20H20N2O5/c1-12(23)14-7-8-18-17(9-14)22(20(25)13(2)27-18)11-19(24)21-15-5-4-6-16(10-15)26-3/h4-10,13H,11H2,1-3H3,(H,21,24). The molecule has 1 unspecified atom stereocenters. The van der Waals surface area contributed by atoms with Gasteiger partial charge in [0.1, 0.15) is 18.0 Å². The average Bonchev–Trinajstić information content (AvgIpc) is 2.65. The number of methoxy groups -OCH3 is 1. The zero-order valence-corrected chi connectivity index (χ0v) is 15.3. The predicted octanol–water partition coefficient (Wildman–Crippen LogP) is 2.65. The quantitative estimate of drug-likeness (QED) is 0.820. The van der Waals surface area contributed by atoms with Crippen LogP contribution < -0.4 is 19.7 Å². The summed E-state index contributed by atoms with van der Waals surface area (Å²) in [5.41, 5.74) is 1.41. The van der Waals surface area contributed by atoms with Crippen molar-refractivity contribution in [1.29, 1.82) is 0 Å². The maximum Gasteiger partial charge on any atom is 0.268 e. The number of Topliss-reactive ketones (excluding diaryl/α,β-unsaturated/α-hetero) is 1. The zero-order valence-electron chi connectivity index (χ0n) is 15.3. The van der Waals surface area contributed by atoms with E-state index in [-0.39, 0.29) is 24.1 Å². The molecule has 1 aliphatic rings. The summed E-state index contributed by atoms with van der Waals surface area (Å²) in [6.45, 7) is 2.87. The Balaban J connectivity index is 1.84. The first-order valence-corrected chi connectivity index (χ1v) is 8.46. The van der Waals surface area contributed by atoms with Crippen LogP contribution in [0.5, 0.6) is 11.5 Å². The van der Waals surface area contributed by atoms with Gasteiger partial charge in [-0.3, -0.25) is 19.3 Å². The van der Waals surface area contributed by atoms with E-state index in [9.17, 15) is 14.4 Å². The molecule has 1 atom stereocenters. The highest BCUT2D eigenvalue weighted by atomic mass is 16.5. The summed E-state index contributed by atoms with van der Waals surface area (Å²) < 4.78 is 10.7. The molecule has 0 aromatic heterocycles. The van der Waals surface area contributed by atoms with E-state index in [1.807, 2.05) is 0 Å². The second kappa shape index (κ2) is 7.49. The minimum Gasteiger partial charge on any atom is -0.497 e. The maximum atomic E-state index is 12.6. The second-order valence-corrected chi connectivity index (χ2v) is 6.20. The molecule has 0 spiro atoms. The summed E-state index contributed by atoms with van der Waals surface area (Å²) in [5, 5.41) is 2.75. The number of carbonyl (C=O) groups is 3. The number of ether oxygens (including phenoxy) is 2. The van der Waals surface area contributed by atoms with Crippen LogP contribution >= 0.6 is 0 Å². The third kappa shape index (κ3) is 3.92. The molecule has 2 aromatic rings. The van der Waals surface area contributed by atoms with Crippen LogP contribution in [-0.4, -0.2) is 37.4 Å². The molecule has 0 aliphatic carbocycles. The Morgan fingerprint density at radius 2 is 2.00 bits per heavy atom. The molecular weight excluding hydrogens is 348 g/mol. The van der Waals surface area contributed by atoms with Crippen molar-refractivity contribution < 1.29 is 23.9 Å². The largest absolute Gasteiger partial charge is 0.497 e. The Hall–Kier alpha value is -3.35. The molecule has 1 heterocycles. The number of nitrogens with one attached hydrogen (secondary N) is 1. The van der Waals surface area contributed by atoms with E-state index in [2.05, 4.69) is 5.32 Å². The van der Waals surface area contributed by atoms with Gasteiger partial charge in [0.05, 0.1) is 12.8 Å². The normalized spacial score (nSPS) is 15.6. The molecular formula is C20H20N2O5. The van der Waals surface area contributed by atoms with Crippen molar-refractivity contribution in [2.45, 2.75) is 20.0 Å². The van der Waals surface area contributed by atoms with Crippen LogP contribution in [0, 0.1) is 0 Å². The van der Waals surface area contributed by atoms with Crippen molar-refractivity contribution >= 4 is 29.0 Å². The highest BCUT2D eigenvalue weighted by Gasteiger charge is 2.33. The van der Waals surface area contributed by atoms with E-state index in [0.717, 1.165) is 0 Å². The van der Waals surface area contributed by atoms with Crippen molar-refractivity contribution in [2.75, 3.05) is 23.9 Å². The highest BCUT2D eigenvalue weighted by Crippen LogP contribution is 2.35. The summed E-state index contributed by atoms with van der Waals surface area (Å²) >= 11 is 0. The lowest BCUT2D eigenvalue weighted by atomic mass is 10.1. The number of anilines is 2. The molecule has 0 fully saturated rings. The van der Waals surface area contributed by atoms with E-state index in [1.54, 1.807) is 49.4 Å². The van der Waals surface area contributed by atoms with Gasteiger partial charge in [-0.2, -0.15) is 0 Å². The van der Waals surface area contributed by atoms with Gasteiger partial charge in [-0.05, 0) is 44.2 Å². The fraction of sp³-hybridized carbons (Fsp3) is 0.250. The Morgan fingerprint density at radius 1 is 1.22 bits per heavy atom. The van der Waals surface area contributed by atoms with Gasteiger partial charge in [0.25, 0.3) is 5.91 Å². The molecule has 7 nitrogen and oxygen atoms in total. The Bertz CT molecular complexity index is 909. The topological polar surface area (TPSA) is 84.9 Å². The number of nitrogens with zero attached hydrogens (tertiary/aromatic N) is 1. The molecule has 3 rings (SSSR count). The van der Waals surface area contributed by atoms with Crippen LogP contribution in [-0.2, 0) is 9.59 Å². The Labute approximate surface area is 156 Å². The molecule has 2 aromatic carbocycles. The smallest absolute Gasteiger partial charge is 0.268 e. The second-order valence-electron chi connectivity index (χ2n) is 6.20. The van der Waals surface area contributed by atoms with Crippen LogP contribution in [0.4, 0.5) is 11.4 Å². The third-order valence-corrected chi connectivity index (χ3v) is 4.23. The Morgan fingerprint density at radius 3 is 2.70 bits per heavy atom. The monoisotopic (exact) mass is 368 g/mol. The summed E-state index contributed by atoms with van der Waals surface area (Å²) in [7, 11) is 1.54. The first kappa shape index (κ1) is 18.4. The van der Waals surface area contributed by atoms with Crippen molar-refractivity contribution in [1.82, 2.24) is 0 Å². The van der Waals surface area contributed by atoms with Crippen molar-refractivity contribution in [3.63, 3.8) is 0 Å². The number of hydrogen-bond acceptors (Lipinski definition) is 5. The first-order valence-electron chi connectivity index (χ1n) is 8.46. The average molecular weight is 368 g/mol. The number of ketones is 1. The van der Waals surface area contributed by atoms with Gasteiger partial charge in [0.15, 0.2) is 11.9 Å². The summed E-state index contributed by atoms with van der Waals surface area (Å²) in [6, 6.07) is 11.8. The van der Waals surface area contributed by atoms with E-state index in [4.69, 9.17) is 9.47 Å². The molecule has 0 bridgehead atoms. The fourth-order valence-corrected chi connectivity index (χ4v) is 2.83. The molecule has 2 amide bonds. The lowest BCUT2D eigenvalue weighted by molar-refractivity contribution is -0.127. The van der Waals surface area contributed by atoms with E-state index in [1.165, 1.54) is 18.9 Å². The minimum atomic E-state index is -0.717. The van der Waals surface area contributed by atoms with Gasteiger partial charge < -0.3 is 14.8 Å². The van der Waals surface area contributed by atoms with Gasteiger partial charge >= 0.3 is 0 Å². The molecule has 7 heteroatoms. The minimum absolute atomic E-state index is 0.135. The number of rotatable bonds is 5. The highest BCUT2D eigenvalue weighted by molar-refractivity contribution is 6.07. The molecule has 0 radical (unpaired) electrons. The Kier molecular flexibility index (Phi) is 5.12. The van der Waals surface area contributed by atoms with Crippen molar-refractivity contribution in [3.8, 4) is 11.5 Å². The van der Waals surface area contributed by atoms with Crippen LogP contribution in [0.1, 0.15) is 24.2 Å². The van der Waals surface area contributed by atoms with Crippen LogP contribution in [0.25, 0.3) is 0 Å². The molecule has 1 aliphatic heterocycles. The molecule has 0 saturated carbocycles. The maximum absolute atomic E-state index is 12.6. The molecule has 140 valence electrons. The van der Waals surface area contributed by atoms with Gasteiger partial charge in [-0.25, -0.2) is 0 Å². The van der Waals surface area contributed by atoms with Gasteiger partial charge in [-0.15, -0.1) is 0 Å². The lowest BCUT2D eigenvalue weighted by Gasteiger charge is -2.32. The third-order valence-electron chi connectivity index (χ3n) is 4.23. The number of hydrogen-bond donors (Lipinski definition) is 1. The number of carbonyl (C=O) groups excluding carboxylic acids is 3. The number of benzene rings is 2. The van der Waals surface area contributed by atoms with Crippen molar-refractivity contribution in [2.24, 2.45) is 0 Å². The summed E-state index contributed by atoms with van der Waals surface area (Å²) in [5.74, 6) is 0.222. The van der Waals surface area contributed by atoms with Gasteiger partial charge in [0.2, 0.25) is 5.91 Å².